The number of carbonyl (C=O) groups is 2. The van der Waals surface area contributed by atoms with E-state index in [1.54, 1.807) is 62.4 Å². The molecule has 0 aliphatic carbocycles. The van der Waals surface area contributed by atoms with E-state index in [1.165, 1.54) is 18.2 Å². The van der Waals surface area contributed by atoms with Crippen LogP contribution in [0.15, 0.2) is 112 Å². The number of rotatable bonds is 11. The van der Waals surface area contributed by atoms with E-state index < -0.39 is 29.4 Å². The lowest BCUT2D eigenvalue weighted by molar-refractivity contribution is -0.144. The van der Waals surface area contributed by atoms with Crippen LogP contribution in [-0.4, -0.2) is 63.2 Å². The number of ether oxygens (including phenoxy) is 2. The quantitative estimate of drug-likeness (QED) is 0.0751. The van der Waals surface area contributed by atoms with Crippen LogP contribution in [0.4, 0.5) is 49.1 Å². The summed E-state index contributed by atoms with van der Waals surface area (Å²) in [7, 11) is 0. The van der Waals surface area contributed by atoms with Gasteiger partial charge in [-0.3, -0.25) is 4.79 Å². The first-order valence-corrected chi connectivity index (χ1v) is 18.0. The number of nitrogens with one attached hydrogen (secondary N) is 2. The fourth-order valence-corrected chi connectivity index (χ4v) is 4.90. The number of hydrogen-bond donors (Lipinski definition) is 2. The fourth-order valence-electron chi connectivity index (χ4n) is 4.74. The molecule has 0 atom stereocenters. The van der Waals surface area contributed by atoms with Gasteiger partial charge in [0, 0.05) is 33.9 Å². The summed E-state index contributed by atoms with van der Waals surface area (Å²) in [5.41, 5.74) is 1.50. The zero-order chi connectivity index (χ0) is 41.4. The van der Waals surface area contributed by atoms with Crippen molar-refractivity contribution in [1.82, 2.24) is 20.2 Å². The monoisotopic (exact) mass is 861 g/mol. The van der Waals surface area contributed by atoms with Crippen LogP contribution in [0, 0.1) is 0 Å². The molecule has 0 radical (unpaired) electrons. The molecule has 13 nitrogen and oxygen atoms in total. The van der Waals surface area contributed by atoms with Gasteiger partial charge in [0.15, 0.2) is 19.0 Å². The van der Waals surface area contributed by atoms with Gasteiger partial charge in [0.1, 0.15) is 5.33 Å². The number of azo groups is 1. The standard InChI is InChI=1S/C18H16F3N5O2.C15H11F3N4.C4H7BrO2/c1-2-28-16(27)11-26-24-17(23-25-26)14-8-3-4-9-15(14)22-13-7-5-6-12(10-13)18(19,20)21;16-15(17,18)10-4-3-5-11(8-10)21-13-7-2-1-6-12(13)14-19-9-20-22-14;1-2-7-4(6)3-5/h3-10,22H,2,11H2,1H3;1-8,21H,9H2;2-3H2,1H3. The largest absolute Gasteiger partial charge is 0.465 e. The Kier molecular flexibility index (Phi) is 15.8. The first-order valence-electron chi connectivity index (χ1n) is 16.9. The van der Waals surface area contributed by atoms with E-state index >= 15 is 0 Å². The molecule has 1 aromatic heterocycles. The van der Waals surface area contributed by atoms with Gasteiger partial charge in [-0.25, -0.2) is 9.79 Å². The van der Waals surface area contributed by atoms with Crippen LogP contribution >= 0.6 is 15.9 Å². The predicted molar refractivity (Wildman–Crippen MR) is 202 cm³/mol. The molecule has 0 saturated carbocycles. The number of benzene rings is 4. The first-order chi connectivity index (χ1) is 27.2. The van der Waals surface area contributed by atoms with Crippen molar-refractivity contribution in [3.8, 4) is 11.4 Å². The Morgan fingerprint density at radius 2 is 1.26 bits per heavy atom. The summed E-state index contributed by atoms with van der Waals surface area (Å²) in [4.78, 5) is 26.9. The third kappa shape index (κ3) is 13.5. The van der Waals surface area contributed by atoms with Crippen LogP contribution in [0.2, 0.25) is 0 Å². The number of aliphatic imine (C=N–C) groups is 1. The maximum absolute atomic E-state index is 12.9. The Bertz CT molecular complexity index is 2180. The van der Waals surface area contributed by atoms with Crippen molar-refractivity contribution < 1.29 is 45.4 Å². The molecule has 6 rings (SSSR count). The highest BCUT2D eigenvalue weighted by molar-refractivity contribution is 9.09. The second-order valence-corrected chi connectivity index (χ2v) is 11.8. The number of alkyl halides is 7. The van der Waals surface area contributed by atoms with Crippen molar-refractivity contribution in [2.24, 2.45) is 15.2 Å². The lowest BCUT2D eigenvalue weighted by Crippen LogP contribution is -2.15. The zero-order valence-corrected chi connectivity index (χ0v) is 31.8. The molecule has 5 aromatic rings. The molecule has 300 valence electrons. The van der Waals surface area contributed by atoms with Crippen molar-refractivity contribution in [2.75, 3.05) is 35.8 Å². The number of tetrazole rings is 1. The minimum Gasteiger partial charge on any atom is -0.465 e. The fraction of sp³-hybridized carbons (Fsp3) is 0.243. The lowest BCUT2D eigenvalue weighted by atomic mass is 10.1. The minimum atomic E-state index is -4.44. The normalized spacial score (nSPS) is 12.0. The molecular weight excluding hydrogens is 828 g/mol. The van der Waals surface area contributed by atoms with Crippen molar-refractivity contribution in [3.63, 3.8) is 0 Å². The highest BCUT2D eigenvalue weighted by Crippen LogP contribution is 2.34. The highest BCUT2D eigenvalue weighted by Gasteiger charge is 2.31. The van der Waals surface area contributed by atoms with E-state index in [0.29, 0.717) is 46.0 Å². The van der Waals surface area contributed by atoms with Crippen LogP contribution in [0.25, 0.3) is 11.4 Å². The summed E-state index contributed by atoms with van der Waals surface area (Å²) < 4.78 is 86.4. The maximum Gasteiger partial charge on any atom is 0.416 e. The van der Waals surface area contributed by atoms with Gasteiger partial charge in [-0.2, -0.15) is 36.3 Å². The van der Waals surface area contributed by atoms with E-state index in [-0.39, 0.29) is 37.3 Å². The van der Waals surface area contributed by atoms with Gasteiger partial charge in [0.25, 0.3) is 0 Å². The SMILES string of the molecule is CCOC(=O)CBr.CCOC(=O)Cn1nnc(-c2ccccc2Nc2cccc(C(F)(F)F)c2)n1.FC(F)(F)c1cccc(Nc2ccccc2C2=NCN=N2)c1. The average molecular weight is 863 g/mol. The third-order valence-corrected chi connectivity index (χ3v) is 7.62. The number of aromatic nitrogens is 4. The summed E-state index contributed by atoms with van der Waals surface area (Å²) >= 11 is 2.94. The second-order valence-electron chi connectivity index (χ2n) is 11.2. The molecule has 2 N–H and O–H groups in total. The van der Waals surface area contributed by atoms with Gasteiger partial charge in [-0.1, -0.05) is 52.3 Å². The van der Waals surface area contributed by atoms with Gasteiger partial charge in [0.2, 0.25) is 5.82 Å². The second kappa shape index (κ2) is 20.7. The van der Waals surface area contributed by atoms with E-state index in [0.717, 1.165) is 29.1 Å². The number of esters is 2. The molecule has 1 aliphatic rings. The van der Waals surface area contributed by atoms with E-state index in [2.05, 4.69) is 61.9 Å². The zero-order valence-electron chi connectivity index (χ0n) is 30.2. The van der Waals surface area contributed by atoms with Gasteiger partial charge >= 0.3 is 24.3 Å². The molecule has 0 fully saturated rings. The van der Waals surface area contributed by atoms with Crippen LogP contribution in [-0.2, 0) is 38.0 Å². The van der Waals surface area contributed by atoms with Gasteiger partial charge in [-0.05, 0) is 79.7 Å². The van der Waals surface area contributed by atoms with Gasteiger partial charge < -0.3 is 20.1 Å². The Morgan fingerprint density at radius 1 is 0.737 bits per heavy atom. The number of anilines is 4. The van der Waals surface area contributed by atoms with Crippen molar-refractivity contribution in [1.29, 1.82) is 0 Å². The van der Waals surface area contributed by atoms with E-state index in [1.807, 2.05) is 6.07 Å². The molecule has 2 heterocycles. The summed E-state index contributed by atoms with van der Waals surface area (Å²) in [6.45, 7) is 4.25. The number of amidine groups is 1. The van der Waals surface area contributed by atoms with Crippen LogP contribution in [0.3, 0.4) is 0 Å². The molecule has 0 bridgehead atoms. The van der Waals surface area contributed by atoms with Crippen LogP contribution in [0.5, 0.6) is 0 Å². The van der Waals surface area contributed by atoms with Crippen molar-refractivity contribution in [2.45, 2.75) is 32.7 Å². The van der Waals surface area contributed by atoms with E-state index in [4.69, 9.17) is 4.74 Å². The highest BCUT2D eigenvalue weighted by atomic mass is 79.9. The third-order valence-electron chi connectivity index (χ3n) is 7.17. The molecule has 0 spiro atoms. The molecular formula is C37H34BrF6N9O4. The van der Waals surface area contributed by atoms with Gasteiger partial charge in [0.05, 0.1) is 24.3 Å². The lowest BCUT2D eigenvalue weighted by Gasteiger charge is -2.13. The van der Waals surface area contributed by atoms with Crippen LogP contribution < -0.4 is 10.6 Å². The van der Waals surface area contributed by atoms with Crippen molar-refractivity contribution >= 4 is 56.5 Å². The summed E-state index contributed by atoms with van der Waals surface area (Å²) in [5, 5.41) is 25.8. The Morgan fingerprint density at radius 3 is 1.75 bits per heavy atom. The predicted octanol–water partition coefficient (Wildman–Crippen LogP) is 9.23. The Labute approximate surface area is 330 Å². The summed E-state index contributed by atoms with van der Waals surface area (Å²) in [6.07, 6.45) is -8.81. The number of para-hydroxylation sites is 2. The Hall–Kier alpha value is -6.18. The summed E-state index contributed by atoms with van der Waals surface area (Å²) in [6, 6.07) is 23.9. The van der Waals surface area contributed by atoms with E-state index in [9.17, 15) is 35.9 Å². The Balaban J connectivity index is 0.000000221. The molecule has 0 unspecified atom stereocenters. The summed E-state index contributed by atoms with van der Waals surface area (Å²) in [5.74, 6) is -0.0150. The molecule has 57 heavy (non-hydrogen) atoms. The average Bonchev–Trinajstić information content (AvgIpc) is 3.89. The van der Waals surface area contributed by atoms with Crippen molar-refractivity contribution in [3.05, 3.63) is 114 Å². The van der Waals surface area contributed by atoms with Crippen LogP contribution in [0.1, 0.15) is 30.5 Å². The first kappa shape index (κ1) is 43.5. The number of hydrogen-bond acceptors (Lipinski definition) is 12. The topological polar surface area (TPSA) is 157 Å². The number of carbonyl (C=O) groups excluding carboxylic acids is 2. The smallest absolute Gasteiger partial charge is 0.416 e. The maximum atomic E-state index is 12.9. The van der Waals surface area contributed by atoms with Gasteiger partial charge in [-0.15, -0.1) is 15.3 Å². The molecule has 20 heteroatoms. The molecule has 4 aromatic carbocycles. The molecule has 0 amide bonds. The number of nitrogens with zero attached hydrogens (tertiary/aromatic N) is 7. The minimum absolute atomic E-state index is 0.190. The molecule has 0 saturated heterocycles. The molecule has 1 aliphatic heterocycles. The number of halogens is 7.